The predicted octanol–water partition coefficient (Wildman–Crippen LogP) is 4.11. The van der Waals surface area contributed by atoms with Crippen molar-refractivity contribution in [2.45, 2.75) is 19.4 Å². The summed E-state index contributed by atoms with van der Waals surface area (Å²) < 4.78 is 0. The van der Waals surface area contributed by atoms with Crippen LogP contribution in [0.5, 0.6) is 0 Å². The highest BCUT2D eigenvalue weighted by molar-refractivity contribution is 7.18. The van der Waals surface area contributed by atoms with Crippen molar-refractivity contribution >= 4 is 34.4 Å². The van der Waals surface area contributed by atoms with Crippen LogP contribution in [-0.2, 0) is 9.59 Å². The van der Waals surface area contributed by atoms with Gasteiger partial charge >= 0.3 is 0 Å². The molecule has 28 heavy (non-hydrogen) atoms. The largest absolute Gasteiger partial charge is 0.311 e. The fourth-order valence-corrected chi connectivity index (χ4v) is 4.00. The average molecular weight is 390 g/mol. The van der Waals surface area contributed by atoms with Crippen LogP contribution < -0.4 is 5.32 Å². The van der Waals surface area contributed by atoms with Gasteiger partial charge in [-0.3, -0.25) is 9.59 Å². The number of fused-ring (bicyclic) bond motifs is 1. The quantitative estimate of drug-likeness (QED) is 0.727. The Balaban J connectivity index is 1.51. The zero-order valence-corrected chi connectivity index (χ0v) is 16.0. The first kappa shape index (κ1) is 18.1. The number of hydrogen-bond donors (Lipinski definition) is 1. The zero-order valence-electron chi connectivity index (χ0n) is 15.2. The predicted molar refractivity (Wildman–Crippen MR) is 109 cm³/mol. The fraction of sp³-hybridized carbons (Fsp3) is 0.143. The third kappa shape index (κ3) is 3.70. The van der Waals surface area contributed by atoms with Crippen LogP contribution in [0.3, 0.4) is 0 Å². The molecular weight excluding hydrogens is 372 g/mol. The summed E-state index contributed by atoms with van der Waals surface area (Å²) in [7, 11) is 0. The topological polar surface area (TPSA) is 75.2 Å². The van der Waals surface area contributed by atoms with Crippen LogP contribution in [0.25, 0.3) is 16.6 Å². The number of hydrogen-bond acceptors (Lipinski definition) is 5. The number of anilines is 1. The summed E-state index contributed by atoms with van der Waals surface area (Å²) >= 11 is 1.32. The molecule has 140 valence electrons. The molecule has 1 unspecified atom stereocenters. The van der Waals surface area contributed by atoms with E-state index in [0.29, 0.717) is 5.13 Å². The maximum atomic E-state index is 12.7. The average Bonchev–Trinajstić information content (AvgIpc) is 3.17. The van der Waals surface area contributed by atoms with Gasteiger partial charge in [0.15, 0.2) is 0 Å². The highest BCUT2D eigenvalue weighted by atomic mass is 32.1. The number of benzene rings is 2. The SMILES string of the molecule is CC(=O)N1C=Cc2ccccc2C1CC(=O)Nc1nnc(-c2ccccc2)s1. The van der Waals surface area contributed by atoms with Crippen LogP contribution >= 0.6 is 11.3 Å². The minimum atomic E-state index is -0.347. The molecular formula is C21H18N4O2S. The third-order valence-corrected chi connectivity index (χ3v) is 5.43. The lowest BCUT2D eigenvalue weighted by Crippen LogP contribution is -2.33. The van der Waals surface area contributed by atoms with E-state index in [1.54, 1.807) is 11.1 Å². The maximum absolute atomic E-state index is 12.7. The lowest BCUT2D eigenvalue weighted by molar-refractivity contribution is -0.129. The van der Waals surface area contributed by atoms with E-state index in [9.17, 15) is 9.59 Å². The van der Waals surface area contributed by atoms with Gasteiger partial charge in [0.2, 0.25) is 16.9 Å². The lowest BCUT2D eigenvalue weighted by atomic mass is 9.93. The Labute approximate surface area is 166 Å². The van der Waals surface area contributed by atoms with E-state index >= 15 is 0 Å². The normalized spacial score (nSPS) is 15.2. The van der Waals surface area contributed by atoms with Crippen LogP contribution in [0, 0.1) is 0 Å². The van der Waals surface area contributed by atoms with Crippen molar-refractivity contribution < 1.29 is 9.59 Å². The first-order valence-electron chi connectivity index (χ1n) is 8.86. The van der Waals surface area contributed by atoms with E-state index in [-0.39, 0.29) is 24.3 Å². The number of carbonyl (C=O) groups excluding carboxylic acids is 2. The molecule has 1 aliphatic heterocycles. The van der Waals surface area contributed by atoms with Crippen molar-refractivity contribution in [3.8, 4) is 10.6 Å². The van der Waals surface area contributed by atoms with E-state index in [4.69, 9.17) is 0 Å². The van der Waals surface area contributed by atoms with Gasteiger partial charge in [0.25, 0.3) is 0 Å². The summed E-state index contributed by atoms with van der Waals surface area (Å²) in [5.41, 5.74) is 2.92. The van der Waals surface area contributed by atoms with Gasteiger partial charge in [0, 0.05) is 18.7 Å². The smallest absolute Gasteiger partial charge is 0.228 e. The molecule has 3 aromatic rings. The van der Waals surface area contributed by atoms with Crippen molar-refractivity contribution in [3.63, 3.8) is 0 Å². The Morgan fingerprint density at radius 1 is 1.07 bits per heavy atom. The van der Waals surface area contributed by atoms with E-state index in [1.807, 2.05) is 60.7 Å². The Bertz CT molecular complexity index is 1050. The molecule has 1 atom stereocenters. The van der Waals surface area contributed by atoms with Gasteiger partial charge in [0.05, 0.1) is 12.5 Å². The van der Waals surface area contributed by atoms with E-state index < -0.39 is 0 Å². The molecule has 6 nitrogen and oxygen atoms in total. The summed E-state index contributed by atoms with van der Waals surface area (Å²) in [6.07, 6.45) is 3.77. The standard InChI is InChI=1S/C21H18N4O2S/c1-14(26)25-12-11-15-7-5-6-10-17(15)18(25)13-19(27)22-21-24-23-20(28-21)16-8-3-2-4-9-16/h2-12,18H,13H2,1H3,(H,22,24,27). The van der Waals surface area contributed by atoms with Crippen LogP contribution in [-0.4, -0.2) is 26.9 Å². The molecule has 1 N–H and O–H groups in total. The van der Waals surface area contributed by atoms with Crippen LogP contribution in [0.2, 0.25) is 0 Å². The molecule has 2 heterocycles. The van der Waals surface area contributed by atoms with E-state index in [2.05, 4.69) is 15.5 Å². The van der Waals surface area contributed by atoms with Crippen molar-refractivity contribution in [2.75, 3.05) is 5.32 Å². The lowest BCUT2D eigenvalue weighted by Gasteiger charge is -2.32. The van der Waals surface area contributed by atoms with Gasteiger partial charge in [-0.2, -0.15) is 0 Å². The van der Waals surface area contributed by atoms with E-state index in [0.717, 1.165) is 21.7 Å². The summed E-state index contributed by atoms with van der Waals surface area (Å²) in [5.74, 6) is -0.317. The molecule has 0 saturated heterocycles. The number of carbonyl (C=O) groups is 2. The van der Waals surface area contributed by atoms with Gasteiger partial charge in [-0.1, -0.05) is 65.9 Å². The van der Waals surface area contributed by atoms with Gasteiger partial charge in [-0.05, 0) is 17.2 Å². The summed E-state index contributed by atoms with van der Waals surface area (Å²) in [5, 5.41) is 12.2. The van der Waals surface area contributed by atoms with Crippen molar-refractivity contribution in [1.29, 1.82) is 0 Å². The Morgan fingerprint density at radius 3 is 2.61 bits per heavy atom. The summed E-state index contributed by atoms with van der Waals surface area (Å²) in [6, 6.07) is 17.1. The number of nitrogens with zero attached hydrogens (tertiary/aromatic N) is 3. The molecule has 2 aromatic carbocycles. The summed E-state index contributed by atoms with van der Waals surface area (Å²) in [6.45, 7) is 1.50. The van der Waals surface area contributed by atoms with E-state index in [1.165, 1.54) is 18.3 Å². The molecule has 7 heteroatoms. The Hall–Kier alpha value is -3.32. The molecule has 2 amide bonds. The zero-order chi connectivity index (χ0) is 19.5. The highest BCUT2D eigenvalue weighted by Gasteiger charge is 2.28. The first-order valence-corrected chi connectivity index (χ1v) is 9.68. The molecule has 0 fully saturated rings. The molecule has 0 spiro atoms. The van der Waals surface area contributed by atoms with Gasteiger partial charge in [0.1, 0.15) is 5.01 Å². The Morgan fingerprint density at radius 2 is 1.82 bits per heavy atom. The van der Waals surface area contributed by atoms with Crippen LogP contribution in [0.4, 0.5) is 5.13 Å². The second-order valence-corrected chi connectivity index (χ2v) is 7.39. The monoisotopic (exact) mass is 390 g/mol. The molecule has 0 bridgehead atoms. The van der Waals surface area contributed by atoms with Crippen molar-refractivity contribution in [1.82, 2.24) is 15.1 Å². The van der Waals surface area contributed by atoms with Crippen LogP contribution in [0.15, 0.2) is 60.8 Å². The molecule has 0 radical (unpaired) electrons. The number of nitrogens with one attached hydrogen (secondary N) is 1. The third-order valence-electron chi connectivity index (χ3n) is 4.54. The van der Waals surface area contributed by atoms with Crippen molar-refractivity contribution in [2.24, 2.45) is 0 Å². The van der Waals surface area contributed by atoms with Gasteiger partial charge in [-0.25, -0.2) is 0 Å². The number of amides is 2. The van der Waals surface area contributed by atoms with Gasteiger partial charge < -0.3 is 10.2 Å². The molecule has 1 aliphatic rings. The summed E-state index contributed by atoms with van der Waals surface area (Å²) in [4.78, 5) is 26.3. The molecule has 1 aromatic heterocycles. The minimum Gasteiger partial charge on any atom is -0.311 e. The van der Waals surface area contributed by atoms with Crippen molar-refractivity contribution in [3.05, 3.63) is 71.9 Å². The second kappa shape index (κ2) is 7.74. The molecule has 0 saturated carbocycles. The second-order valence-electron chi connectivity index (χ2n) is 6.42. The van der Waals surface area contributed by atoms with Crippen LogP contribution in [0.1, 0.15) is 30.5 Å². The first-order chi connectivity index (χ1) is 13.6. The maximum Gasteiger partial charge on any atom is 0.228 e. The fourth-order valence-electron chi connectivity index (χ4n) is 3.23. The van der Waals surface area contributed by atoms with Gasteiger partial charge in [-0.15, -0.1) is 10.2 Å². The minimum absolute atomic E-state index is 0.106. The number of aromatic nitrogens is 2. The molecule has 4 rings (SSSR count). The number of rotatable bonds is 4. The highest BCUT2D eigenvalue weighted by Crippen LogP contribution is 2.33. The Kier molecular flexibility index (Phi) is 4.99. The molecule has 0 aliphatic carbocycles.